The first-order valence-electron chi connectivity index (χ1n) is 8.32. The average molecular weight is 346 g/mol. The molecule has 1 aromatic heterocycles. The van der Waals surface area contributed by atoms with Gasteiger partial charge in [0.2, 0.25) is 5.91 Å². The molecule has 0 fully saturated rings. The first-order valence-corrected chi connectivity index (χ1v) is 8.32. The van der Waals surface area contributed by atoms with Crippen molar-refractivity contribution >= 4 is 5.91 Å². The number of nitrogens with zero attached hydrogens (tertiary/aromatic N) is 1. The van der Waals surface area contributed by atoms with Crippen molar-refractivity contribution in [2.24, 2.45) is 0 Å². The van der Waals surface area contributed by atoms with E-state index in [1.807, 2.05) is 44.4 Å². The molecule has 0 spiro atoms. The molecule has 6 heteroatoms. The van der Waals surface area contributed by atoms with Gasteiger partial charge >= 0.3 is 0 Å². The Bertz CT molecular complexity index is 653. The Morgan fingerprint density at radius 3 is 2.76 bits per heavy atom. The lowest BCUT2D eigenvalue weighted by Gasteiger charge is -2.14. The number of rotatable bonds is 10. The summed E-state index contributed by atoms with van der Waals surface area (Å²) in [6, 6.07) is 9.38. The third-order valence-electron chi connectivity index (χ3n) is 3.69. The van der Waals surface area contributed by atoms with Crippen LogP contribution in [0.1, 0.15) is 17.7 Å². The molecule has 25 heavy (non-hydrogen) atoms. The summed E-state index contributed by atoms with van der Waals surface area (Å²) in [5, 5.41) is 2.91. The topological polar surface area (TPSA) is 63.9 Å². The SMILES string of the molecule is COc1cc(CNC(=O)CCc2ccco2)ccc1OCCN(C)C. The van der Waals surface area contributed by atoms with Gasteiger partial charge in [0.25, 0.3) is 0 Å². The molecule has 0 aliphatic carbocycles. The smallest absolute Gasteiger partial charge is 0.220 e. The molecule has 0 saturated carbocycles. The predicted molar refractivity (Wildman–Crippen MR) is 95.9 cm³/mol. The number of likely N-dealkylation sites (N-methyl/N-ethyl adjacent to an activating group) is 1. The highest BCUT2D eigenvalue weighted by Gasteiger charge is 2.08. The highest BCUT2D eigenvalue weighted by Crippen LogP contribution is 2.28. The number of hydrogen-bond donors (Lipinski definition) is 1. The summed E-state index contributed by atoms with van der Waals surface area (Å²) in [6.07, 6.45) is 2.61. The van der Waals surface area contributed by atoms with Gasteiger partial charge in [0.1, 0.15) is 12.4 Å². The third-order valence-corrected chi connectivity index (χ3v) is 3.69. The second kappa shape index (κ2) is 9.74. The van der Waals surface area contributed by atoms with E-state index in [1.165, 1.54) is 0 Å². The number of benzene rings is 1. The lowest BCUT2D eigenvalue weighted by Crippen LogP contribution is -2.23. The summed E-state index contributed by atoms with van der Waals surface area (Å²) in [5.74, 6) is 2.18. The number of ether oxygens (including phenoxy) is 2. The van der Waals surface area contributed by atoms with E-state index in [4.69, 9.17) is 13.9 Å². The third kappa shape index (κ3) is 6.51. The maximum Gasteiger partial charge on any atom is 0.220 e. The Morgan fingerprint density at radius 1 is 1.24 bits per heavy atom. The zero-order valence-corrected chi connectivity index (χ0v) is 15.1. The summed E-state index contributed by atoms with van der Waals surface area (Å²) >= 11 is 0. The van der Waals surface area contributed by atoms with E-state index in [1.54, 1.807) is 13.4 Å². The zero-order valence-electron chi connectivity index (χ0n) is 15.1. The molecule has 0 unspecified atom stereocenters. The molecule has 2 aromatic rings. The second-order valence-corrected chi connectivity index (χ2v) is 5.99. The fraction of sp³-hybridized carbons (Fsp3) is 0.421. The van der Waals surface area contributed by atoms with E-state index in [2.05, 4.69) is 10.2 Å². The van der Waals surface area contributed by atoms with E-state index in [0.717, 1.165) is 17.9 Å². The molecule has 2 rings (SSSR count). The maximum atomic E-state index is 11.9. The molecule has 6 nitrogen and oxygen atoms in total. The van der Waals surface area contributed by atoms with Crippen molar-refractivity contribution in [2.45, 2.75) is 19.4 Å². The van der Waals surface area contributed by atoms with Crippen LogP contribution in [-0.4, -0.2) is 45.2 Å². The Labute approximate surface area is 148 Å². The van der Waals surface area contributed by atoms with Crippen LogP contribution in [0.3, 0.4) is 0 Å². The van der Waals surface area contributed by atoms with E-state index < -0.39 is 0 Å². The summed E-state index contributed by atoms with van der Waals surface area (Å²) < 4.78 is 16.3. The molecule has 1 amide bonds. The molecule has 1 N–H and O–H groups in total. The summed E-state index contributed by atoms with van der Waals surface area (Å²) in [7, 11) is 5.61. The number of furan rings is 1. The van der Waals surface area contributed by atoms with Gasteiger partial charge in [-0.05, 0) is 43.9 Å². The number of methoxy groups -OCH3 is 1. The monoisotopic (exact) mass is 346 g/mol. The van der Waals surface area contributed by atoms with Gasteiger partial charge in [0.15, 0.2) is 11.5 Å². The quantitative estimate of drug-likeness (QED) is 0.716. The number of hydrogen-bond acceptors (Lipinski definition) is 5. The molecule has 0 saturated heterocycles. The molecular formula is C19H26N2O4. The van der Waals surface area contributed by atoms with Crippen LogP contribution in [0.25, 0.3) is 0 Å². The minimum atomic E-state index is -0.0123. The first-order chi connectivity index (χ1) is 12.1. The average Bonchev–Trinajstić information content (AvgIpc) is 3.12. The lowest BCUT2D eigenvalue weighted by molar-refractivity contribution is -0.121. The molecule has 0 aliphatic heterocycles. The number of nitrogens with one attached hydrogen (secondary N) is 1. The van der Waals surface area contributed by atoms with Gasteiger partial charge in [0, 0.05) is 25.9 Å². The minimum absolute atomic E-state index is 0.0123. The Balaban J connectivity index is 1.81. The van der Waals surface area contributed by atoms with E-state index in [0.29, 0.717) is 37.5 Å². The van der Waals surface area contributed by atoms with Gasteiger partial charge in [-0.25, -0.2) is 0 Å². The number of carbonyl (C=O) groups is 1. The highest BCUT2D eigenvalue weighted by molar-refractivity contribution is 5.76. The number of amides is 1. The standard InChI is InChI=1S/C19H26N2O4/c1-21(2)10-12-25-17-8-6-15(13-18(17)23-3)14-20-19(22)9-7-16-5-4-11-24-16/h4-6,8,11,13H,7,9-10,12,14H2,1-3H3,(H,20,22). The van der Waals surface area contributed by atoms with Gasteiger partial charge in [-0.1, -0.05) is 6.07 Å². The van der Waals surface area contributed by atoms with E-state index in [-0.39, 0.29) is 5.91 Å². The summed E-state index contributed by atoms with van der Waals surface area (Å²) in [6.45, 7) is 1.87. The zero-order chi connectivity index (χ0) is 18.1. The molecule has 0 atom stereocenters. The van der Waals surface area contributed by atoms with Crippen LogP contribution in [0.15, 0.2) is 41.0 Å². The van der Waals surface area contributed by atoms with Crippen LogP contribution in [0.4, 0.5) is 0 Å². The van der Waals surface area contributed by atoms with Crippen molar-refractivity contribution in [1.82, 2.24) is 10.2 Å². The van der Waals surface area contributed by atoms with Crippen LogP contribution >= 0.6 is 0 Å². The van der Waals surface area contributed by atoms with Gasteiger partial charge in [-0.2, -0.15) is 0 Å². The van der Waals surface area contributed by atoms with Gasteiger partial charge in [-0.15, -0.1) is 0 Å². The molecule has 1 heterocycles. The van der Waals surface area contributed by atoms with Crippen LogP contribution < -0.4 is 14.8 Å². The van der Waals surface area contributed by atoms with Gasteiger partial charge in [0.05, 0.1) is 13.4 Å². The van der Waals surface area contributed by atoms with E-state index in [9.17, 15) is 4.79 Å². The Kier molecular flexibility index (Phi) is 7.35. The number of carbonyl (C=O) groups excluding carboxylic acids is 1. The lowest BCUT2D eigenvalue weighted by atomic mass is 10.2. The fourth-order valence-electron chi connectivity index (χ4n) is 2.26. The Morgan fingerprint density at radius 2 is 2.08 bits per heavy atom. The van der Waals surface area contributed by atoms with Crippen molar-refractivity contribution in [2.75, 3.05) is 34.4 Å². The molecule has 0 radical (unpaired) electrons. The Hall–Kier alpha value is -2.47. The molecule has 1 aromatic carbocycles. The maximum absolute atomic E-state index is 11.9. The summed E-state index contributed by atoms with van der Waals surface area (Å²) in [4.78, 5) is 14.0. The second-order valence-electron chi connectivity index (χ2n) is 5.99. The van der Waals surface area contributed by atoms with Crippen molar-refractivity contribution < 1.29 is 18.7 Å². The van der Waals surface area contributed by atoms with Gasteiger partial charge in [-0.3, -0.25) is 4.79 Å². The normalized spacial score (nSPS) is 10.7. The van der Waals surface area contributed by atoms with Crippen molar-refractivity contribution in [3.05, 3.63) is 47.9 Å². The van der Waals surface area contributed by atoms with Crippen molar-refractivity contribution in [1.29, 1.82) is 0 Å². The fourth-order valence-corrected chi connectivity index (χ4v) is 2.26. The number of aryl methyl sites for hydroxylation is 1. The largest absolute Gasteiger partial charge is 0.493 e. The minimum Gasteiger partial charge on any atom is -0.493 e. The van der Waals surface area contributed by atoms with E-state index >= 15 is 0 Å². The molecule has 0 bridgehead atoms. The summed E-state index contributed by atoms with van der Waals surface area (Å²) in [5.41, 5.74) is 0.961. The van der Waals surface area contributed by atoms with Crippen LogP contribution in [-0.2, 0) is 17.8 Å². The van der Waals surface area contributed by atoms with Gasteiger partial charge < -0.3 is 24.1 Å². The predicted octanol–water partition coefficient (Wildman–Crippen LogP) is 2.48. The highest BCUT2D eigenvalue weighted by atomic mass is 16.5. The molecular weight excluding hydrogens is 320 g/mol. The van der Waals surface area contributed by atoms with Crippen LogP contribution in [0.2, 0.25) is 0 Å². The van der Waals surface area contributed by atoms with Crippen LogP contribution in [0.5, 0.6) is 11.5 Å². The van der Waals surface area contributed by atoms with Crippen molar-refractivity contribution in [3.63, 3.8) is 0 Å². The first kappa shape index (κ1) is 18.9. The van der Waals surface area contributed by atoms with Crippen LogP contribution in [0, 0.1) is 0 Å². The molecule has 136 valence electrons. The molecule has 0 aliphatic rings. The van der Waals surface area contributed by atoms with Crippen molar-refractivity contribution in [3.8, 4) is 11.5 Å².